The Labute approximate surface area is 158 Å². The molecule has 1 heterocycles. The highest BCUT2D eigenvalue weighted by Gasteiger charge is 2.51. The number of benzene rings is 2. The van der Waals surface area contributed by atoms with Gasteiger partial charge in [0, 0.05) is 27.7 Å². The molecule has 4 N–H and O–H groups in total. The zero-order valence-electron chi connectivity index (χ0n) is 15.8. The van der Waals surface area contributed by atoms with Crippen molar-refractivity contribution >= 4 is 22.5 Å². The number of phenols is 2. The van der Waals surface area contributed by atoms with Crippen LogP contribution in [0.15, 0.2) is 42.5 Å². The van der Waals surface area contributed by atoms with Gasteiger partial charge >= 0.3 is 0 Å². The fraction of sp³-hybridized carbons (Fsp3) is 0.318. The van der Waals surface area contributed by atoms with Crippen molar-refractivity contribution in [2.45, 2.75) is 44.4 Å². The first-order chi connectivity index (χ1) is 12.7. The normalized spacial score (nSPS) is 15.7. The van der Waals surface area contributed by atoms with Gasteiger partial charge in [-0.2, -0.15) is 0 Å². The van der Waals surface area contributed by atoms with Crippen molar-refractivity contribution in [2.24, 2.45) is 0 Å². The van der Waals surface area contributed by atoms with Crippen LogP contribution in [0, 0.1) is 0 Å². The van der Waals surface area contributed by atoms with E-state index >= 15 is 0 Å². The van der Waals surface area contributed by atoms with Gasteiger partial charge in [-0.25, -0.2) is 0 Å². The zero-order chi connectivity index (χ0) is 19.4. The average molecular weight is 364 g/mol. The van der Waals surface area contributed by atoms with Gasteiger partial charge in [0.05, 0.1) is 5.41 Å². The Morgan fingerprint density at radius 2 is 1.78 bits per heavy atom. The third-order valence-corrected chi connectivity index (χ3v) is 5.40. The summed E-state index contributed by atoms with van der Waals surface area (Å²) in [4.78, 5) is 16.4. The quantitative estimate of drug-likeness (QED) is 0.515. The van der Waals surface area contributed by atoms with Gasteiger partial charge in [-0.3, -0.25) is 4.79 Å². The van der Waals surface area contributed by atoms with Crippen molar-refractivity contribution in [1.82, 2.24) is 4.98 Å². The molecule has 0 saturated heterocycles. The molecule has 3 aromatic rings. The topological polar surface area (TPSA) is 85.3 Å². The number of aromatic nitrogens is 1. The highest BCUT2D eigenvalue weighted by molar-refractivity contribution is 6.02. The molecule has 1 fully saturated rings. The first-order valence-corrected chi connectivity index (χ1v) is 9.16. The van der Waals surface area contributed by atoms with Crippen molar-refractivity contribution in [3.05, 3.63) is 53.7 Å². The number of anilines is 1. The average Bonchev–Trinajstić information content (AvgIpc) is 3.29. The smallest absolute Gasteiger partial charge is 0.235 e. The van der Waals surface area contributed by atoms with Crippen molar-refractivity contribution in [1.29, 1.82) is 0 Å². The standard InChI is InChI=1S/C22H24N2O3/c1-21(2,3)19-11-13-10-15(5-6-16(13)24-19)23-20(27)22(8-9-22)14-4-7-17(25)18(26)12-14/h4-7,10-12,24-26H,8-9H2,1-3H3,(H,23,27). The maximum absolute atomic E-state index is 12.9. The van der Waals surface area contributed by atoms with Crippen LogP contribution in [0.25, 0.3) is 10.9 Å². The molecular formula is C22H24N2O3. The summed E-state index contributed by atoms with van der Waals surface area (Å²) in [5.74, 6) is -0.462. The van der Waals surface area contributed by atoms with Crippen LogP contribution < -0.4 is 5.32 Å². The first kappa shape index (κ1) is 17.5. The minimum atomic E-state index is -0.630. The molecule has 1 aliphatic rings. The number of hydrogen-bond donors (Lipinski definition) is 4. The Hall–Kier alpha value is -2.95. The second-order valence-corrected chi connectivity index (χ2v) is 8.47. The summed E-state index contributed by atoms with van der Waals surface area (Å²) in [5.41, 5.74) is 3.08. The van der Waals surface area contributed by atoms with Crippen LogP contribution in [0.5, 0.6) is 11.5 Å². The number of nitrogens with one attached hydrogen (secondary N) is 2. The molecule has 0 aliphatic heterocycles. The van der Waals surface area contributed by atoms with Crippen molar-refractivity contribution in [3.8, 4) is 11.5 Å². The number of fused-ring (bicyclic) bond motifs is 1. The zero-order valence-corrected chi connectivity index (χ0v) is 15.8. The summed E-state index contributed by atoms with van der Waals surface area (Å²) in [7, 11) is 0. The van der Waals surface area contributed by atoms with Crippen molar-refractivity contribution in [2.75, 3.05) is 5.32 Å². The maximum atomic E-state index is 12.9. The number of aromatic amines is 1. The Kier molecular flexibility index (Phi) is 3.74. The molecule has 0 radical (unpaired) electrons. The summed E-state index contributed by atoms with van der Waals surface area (Å²) in [6.45, 7) is 6.47. The van der Waals surface area contributed by atoms with Gasteiger partial charge in [-0.05, 0) is 54.8 Å². The minimum Gasteiger partial charge on any atom is -0.504 e. The van der Waals surface area contributed by atoms with Gasteiger partial charge in [0.25, 0.3) is 0 Å². The molecule has 5 heteroatoms. The molecule has 4 rings (SSSR count). The monoisotopic (exact) mass is 364 g/mol. The fourth-order valence-electron chi connectivity index (χ4n) is 3.46. The molecule has 1 aliphatic carbocycles. The molecule has 0 unspecified atom stereocenters. The predicted octanol–water partition coefficient (Wildman–Crippen LogP) is 4.55. The van der Waals surface area contributed by atoms with Crippen LogP contribution in [-0.2, 0) is 15.6 Å². The molecule has 0 bridgehead atoms. The lowest BCUT2D eigenvalue weighted by Crippen LogP contribution is -2.27. The summed E-state index contributed by atoms with van der Waals surface area (Å²) in [5, 5.41) is 23.4. The van der Waals surface area contributed by atoms with Gasteiger partial charge in [0.2, 0.25) is 5.91 Å². The summed E-state index contributed by atoms with van der Waals surface area (Å²) < 4.78 is 0. The second kappa shape index (κ2) is 5.78. The largest absolute Gasteiger partial charge is 0.504 e. The number of carbonyl (C=O) groups excluding carboxylic acids is 1. The van der Waals surface area contributed by atoms with Crippen LogP contribution in [0.4, 0.5) is 5.69 Å². The van der Waals surface area contributed by atoms with E-state index in [1.807, 2.05) is 18.2 Å². The Morgan fingerprint density at radius 3 is 2.41 bits per heavy atom. The number of phenolic OH excluding ortho intramolecular Hbond substituents is 2. The number of aromatic hydroxyl groups is 2. The third kappa shape index (κ3) is 3.03. The Morgan fingerprint density at radius 1 is 1.04 bits per heavy atom. The molecule has 0 atom stereocenters. The van der Waals surface area contributed by atoms with Gasteiger partial charge < -0.3 is 20.5 Å². The molecule has 2 aromatic carbocycles. The highest BCUT2D eigenvalue weighted by Crippen LogP contribution is 2.50. The summed E-state index contributed by atoms with van der Waals surface area (Å²) >= 11 is 0. The number of H-pyrrole nitrogens is 1. The lowest BCUT2D eigenvalue weighted by atomic mass is 9.92. The van der Waals surface area contributed by atoms with Crippen LogP contribution in [0.2, 0.25) is 0 Å². The van der Waals surface area contributed by atoms with E-state index in [0.717, 1.165) is 40.7 Å². The Bertz CT molecular complexity index is 1040. The predicted molar refractivity (Wildman–Crippen MR) is 106 cm³/mol. The summed E-state index contributed by atoms with van der Waals surface area (Å²) in [6.07, 6.45) is 1.45. The van der Waals surface area contributed by atoms with E-state index < -0.39 is 5.41 Å². The molecular weight excluding hydrogens is 340 g/mol. The number of rotatable bonds is 3. The minimum absolute atomic E-state index is 0.0291. The van der Waals surface area contributed by atoms with E-state index in [9.17, 15) is 15.0 Å². The third-order valence-electron chi connectivity index (χ3n) is 5.40. The molecule has 1 saturated carbocycles. The number of amides is 1. The fourth-order valence-corrected chi connectivity index (χ4v) is 3.46. The lowest BCUT2D eigenvalue weighted by molar-refractivity contribution is -0.118. The van der Waals surface area contributed by atoms with Crippen LogP contribution in [0.1, 0.15) is 44.9 Å². The van der Waals surface area contributed by atoms with Gasteiger partial charge in [0.1, 0.15) is 0 Å². The van der Waals surface area contributed by atoms with Crippen LogP contribution >= 0.6 is 0 Å². The summed E-state index contributed by atoms with van der Waals surface area (Å²) in [6, 6.07) is 12.6. The van der Waals surface area contributed by atoms with Crippen molar-refractivity contribution in [3.63, 3.8) is 0 Å². The number of carbonyl (C=O) groups is 1. The van der Waals surface area contributed by atoms with Crippen molar-refractivity contribution < 1.29 is 15.0 Å². The van der Waals surface area contributed by atoms with E-state index in [2.05, 4.69) is 37.1 Å². The van der Waals surface area contributed by atoms with Gasteiger partial charge in [-0.15, -0.1) is 0 Å². The van der Waals surface area contributed by atoms with E-state index in [0.29, 0.717) is 0 Å². The van der Waals surface area contributed by atoms with E-state index in [1.54, 1.807) is 6.07 Å². The molecule has 5 nitrogen and oxygen atoms in total. The lowest BCUT2D eigenvalue weighted by Gasteiger charge is -2.16. The molecule has 140 valence electrons. The van der Waals surface area contributed by atoms with Gasteiger partial charge in [0.15, 0.2) is 11.5 Å². The molecule has 1 amide bonds. The van der Waals surface area contributed by atoms with Crippen LogP contribution in [0.3, 0.4) is 0 Å². The number of hydrogen-bond acceptors (Lipinski definition) is 3. The molecule has 27 heavy (non-hydrogen) atoms. The second-order valence-electron chi connectivity index (χ2n) is 8.47. The van der Waals surface area contributed by atoms with Gasteiger partial charge in [-0.1, -0.05) is 26.8 Å². The first-order valence-electron chi connectivity index (χ1n) is 9.16. The van der Waals surface area contributed by atoms with Crippen LogP contribution in [-0.4, -0.2) is 21.1 Å². The SMILES string of the molecule is CC(C)(C)c1cc2cc(NC(=O)C3(c4ccc(O)c(O)c4)CC3)ccc2[nH]1. The molecule has 0 spiro atoms. The molecule has 1 aromatic heterocycles. The van der Waals surface area contributed by atoms with E-state index in [-0.39, 0.29) is 22.8 Å². The Balaban J connectivity index is 1.60. The van der Waals surface area contributed by atoms with E-state index in [4.69, 9.17) is 0 Å². The maximum Gasteiger partial charge on any atom is 0.235 e. The van der Waals surface area contributed by atoms with E-state index in [1.165, 1.54) is 12.1 Å². The highest BCUT2D eigenvalue weighted by atomic mass is 16.3.